The number of amidine groups is 2. The van der Waals surface area contributed by atoms with Gasteiger partial charge in [-0.25, -0.2) is 0 Å². The maximum absolute atomic E-state index is 12.8. The highest BCUT2D eigenvalue weighted by molar-refractivity contribution is 8.26. The van der Waals surface area contributed by atoms with Gasteiger partial charge in [-0.1, -0.05) is 38.1 Å². The molecule has 1 N–H and O–H groups in total. The minimum atomic E-state index is -0.410. The highest BCUT2D eigenvalue weighted by Gasteiger charge is 2.35. The van der Waals surface area contributed by atoms with Crippen molar-refractivity contribution in [2.45, 2.75) is 40.2 Å². The van der Waals surface area contributed by atoms with E-state index in [9.17, 15) is 4.79 Å². The first-order valence-electron chi connectivity index (χ1n) is 11.8. The Kier molecular flexibility index (Phi) is 6.30. The summed E-state index contributed by atoms with van der Waals surface area (Å²) >= 11 is 1.35. The van der Waals surface area contributed by atoms with E-state index < -0.39 is 5.91 Å². The van der Waals surface area contributed by atoms with Crippen molar-refractivity contribution in [3.05, 3.63) is 70.9 Å². The number of rotatable bonds is 7. The van der Waals surface area contributed by atoms with Crippen molar-refractivity contribution in [3.8, 4) is 5.75 Å². The molecule has 0 bridgehead atoms. The molecule has 0 atom stereocenters. The average Bonchev–Trinajstić information content (AvgIpc) is 3.43. The van der Waals surface area contributed by atoms with Crippen LogP contribution < -0.4 is 4.74 Å². The van der Waals surface area contributed by atoms with Crippen LogP contribution in [-0.4, -0.2) is 38.1 Å². The Bertz CT molecular complexity index is 1430. The number of fused-ring (bicyclic) bond motifs is 2. The summed E-state index contributed by atoms with van der Waals surface area (Å²) in [5.41, 5.74) is 4.60. The Morgan fingerprint density at radius 3 is 2.77 bits per heavy atom. The minimum absolute atomic E-state index is 0.0577. The summed E-state index contributed by atoms with van der Waals surface area (Å²) in [6.07, 6.45) is 5.47. The number of thioether (sulfide) groups is 1. The van der Waals surface area contributed by atoms with Gasteiger partial charge < -0.3 is 9.30 Å². The fourth-order valence-electron chi connectivity index (χ4n) is 4.28. The van der Waals surface area contributed by atoms with E-state index in [0.29, 0.717) is 18.3 Å². The first kappa shape index (κ1) is 23.1. The predicted molar refractivity (Wildman–Crippen MR) is 143 cm³/mol. The maximum atomic E-state index is 12.8. The number of hydrazone groups is 1. The van der Waals surface area contributed by atoms with E-state index >= 15 is 0 Å². The van der Waals surface area contributed by atoms with E-state index in [1.165, 1.54) is 27.9 Å². The van der Waals surface area contributed by atoms with Gasteiger partial charge in [-0.3, -0.25) is 10.2 Å². The quantitative estimate of drug-likeness (QED) is 0.440. The number of amides is 1. The van der Waals surface area contributed by atoms with Gasteiger partial charge in [0.1, 0.15) is 17.4 Å². The Morgan fingerprint density at radius 2 is 1.97 bits per heavy atom. The van der Waals surface area contributed by atoms with Crippen LogP contribution in [0.5, 0.6) is 5.75 Å². The zero-order valence-corrected chi connectivity index (χ0v) is 20.9. The number of hydrogen-bond acceptors (Lipinski definition) is 5. The van der Waals surface area contributed by atoms with Crippen molar-refractivity contribution >= 4 is 50.7 Å². The van der Waals surface area contributed by atoms with Gasteiger partial charge in [-0.2, -0.15) is 15.1 Å². The van der Waals surface area contributed by atoms with E-state index in [-0.39, 0.29) is 11.4 Å². The second kappa shape index (κ2) is 9.54. The van der Waals surface area contributed by atoms with Crippen LogP contribution in [0.4, 0.5) is 0 Å². The van der Waals surface area contributed by atoms with Crippen LogP contribution in [0.3, 0.4) is 0 Å². The van der Waals surface area contributed by atoms with Gasteiger partial charge in [0.25, 0.3) is 5.91 Å². The summed E-state index contributed by atoms with van der Waals surface area (Å²) in [4.78, 5) is 17.0. The molecule has 3 heterocycles. The summed E-state index contributed by atoms with van der Waals surface area (Å²) in [6.45, 7) is 7.38. The van der Waals surface area contributed by atoms with Crippen molar-refractivity contribution in [1.82, 2.24) is 9.58 Å². The summed E-state index contributed by atoms with van der Waals surface area (Å²) in [7, 11) is 0. The monoisotopic (exact) mass is 485 g/mol. The average molecular weight is 486 g/mol. The third-order valence-corrected chi connectivity index (χ3v) is 7.09. The van der Waals surface area contributed by atoms with Crippen LogP contribution in [-0.2, 0) is 17.8 Å². The fraction of sp³-hybridized carbons (Fsp3) is 0.259. The molecule has 0 saturated heterocycles. The Hall–Kier alpha value is -3.65. The smallest absolute Gasteiger partial charge is 0.283 e. The fourth-order valence-corrected chi connectivity index (χ4v) is 5.10. The van der Waals surface area contributed by atoms with Gasteiger partial charge in [0, 0.05) is 22.7 Å². The minimum Gasteiger partial charge on any atom is -0.492 e. The molecule has 0 saturated carbocycles. The van der Waals surface area contributed by atoms with Crippen LogP contribution >= 0.6 is 11.8 Å². The second-order valence-corrected chi connectivity index (χ2v) is 9.56. The lowest BCUT2D eigenvalue weighted by Gasteiger charge is -2.20. The molecular formula is C27H27N5O2S. The summed E-state index contributed by atoms with van der Waals surface area (Å²) in [5.74, 6) is 0.529. The van der Waals surface area contributed by atoms with Gasteiger partial charge in [0.2, 0.25) is 5.17 Å². The number of aryl methyl sites for hydroxylation is 2. The molecule has 1 amide bonds. The number of carbonyl (C=O) groups is 1. The van der Waals surface area contributed by atoms with Gasteiger partial charge in [-0.15, -0.1) is 0 Å². The molecule has 8 heteroatoms. The van der Waals surface area contributed by atoms with Crippen molar-refractivity contribution in [2.75, 3.05) is 6.61 Å². The lowest BCUT2D eigenvalue weighted by Crippen LogP contribution is -2.35. The number of nitrogens with zero attached hydrogens (tertiary/aromatic N) is 4. The Morgan fingerprint density at radius 1 is 1.14 bits per heavy atom. The molecule has 1 aromatic heterocycles. The number of hydrogen-bond donors (Lipinski definition) is 1. The van der Waals surface area contributed by atoms with Crippen molar-refractivity contribution in [2.24, 2.45) is 10.1 Å². The molecule has 0 fully saturated rings. The van der Waals surface area contributed by atoms with Gasteiger partial charge in [-0.05, 0) is 66.9 Å². The van der Waals surface area contributed by atoms with E-state index in [1.54, 1.807) is 6.08 Å². The lowest BCUT2D eigenvalue weighted by atomic mass is 10.1. The van der Waals surface area contributed by atoms with Crippen molar-refractivity contribution in [1.29, 1.82) is 5.41 Å². The third kappa shape index (κ3) is 4.53. The molecule has 35 heavy (non-hydrogen) atoms. The number of para-hydroxylation sites is 1. The van der Waals surface area contributed by atoms with Crippen LogP contribution in [0.15, 0.2) is 64.3 Å². The van der Waals surface area contributed by atoms with Gasteiger partial charge >= 0.3 is 0 Å². The number of nitrogens with one attached hydrogen (secondary N) is 1. The number of aromatic nitrogens is 1. The second-order valence-electron chi connectivity index (χ2n) is 8.52. The summed E-state index contributed by atoms with van der Waals surface area (Å²) in [5, 5.41) is 16.8. The summed E-state index contributed by atoms with van der Waals surface area (Å²) < 4.78 is 8.21. The van der Waals surface area contributed by atoms with E-state index in [4.69, 9.17) is 10.1 Å². The Labute approximate surface area is 208 Å². The van der Waals surface area contributed by atoms with Gasteiger partial charge in [0.05, 0.1) is 12.1 Å². The first-order valence-corrected chi connectivity index (χ1v) is 12.6. The largest absolute Gasteiger partial charge is 0.492 e. The molecule has 178 valence electrons. The molecular weight excluding hydrogens is 458 g/mol. The van der Waals surface area contributed by atoms with Crippen LogP contribution in [0.1, 0.15) is 37.0 Å². The topological polar surface area (TPSA) is 83.0 Å². The zero-order chi connectivity index (χ0) is 24.5. The molecule has 3 aromatic rings. The van der Waals surface area contributed by atoms with Crippen molar-refractivity contribution in [3.63, 3.8) is 0 Å². The summed E-state index contributed by atoms with van der Waals surface area (Å²) in [6, 6.07) is 14.4. The van der Waals surface area contributed by atoms with Gasteiger partial charge in [0.15, 0.2) is 5.84 Å². The molecule has 7 nitrogen and oxygen atoms in total. The van der Waals surface area contributed by atoms with E-state index in [1.807, 2.05) is 31.3 Å². The predicted octanol–water partition coefficient (Wildman–Crippen LogP) is 5.62. The molecule has 0 radical (unpaired) electrons. The van der Waals surface area contributed by atoms with Crippen LogP contribution in [0.2, 0.25) is 0 Å². The van der Waals surface area contributed by atoms with E-state index in [0.717, 1.165) is 40.1 Å². The standard InChI is InChI=1S/C27H27N5O2S/c1-4-18-12-17(3)13-20(14-18)34-11-10-31-16-19(21-8-6-7-9-23(21)31)15-22-25(28)32-27(29-26(22)33)35-24(5-2)30-32/h6-9,12-16,28H,4-5,10-11H2,1-3H3. The molecule has 2 aliphatic heterocycles. The highest BCUT2D eigenvalue weighted by atomic mass is 32.2. The molecule has 0 aliphatic carbocycles. The maximum Gasteiger partial charge on any atom is 0.283 e. The number of benzene rings is 2. The lowest BCUT2D eigenvalue weighted by molar-refractivity contribution is -0.114. The third-order valence-electron chi connectivity index (χ3n) is 6.04. The molecule has 2 aliphatic rings. The highest BCUT2D eigenvalue weighted by Crippen LogP contribution is 2.31. The van der Waals surface area contributed by atoms with Crippen LogP contribution in [0.25, 0.3) is 17.0 Å². The SMILES string of the molecule is CCC1=NN2C(=N)C(=Cc3cn(CCOc4cc(C)cc(CC)c4)c4ccccc34)C(=O)N=C2S1. The zero-order valence-electron chi connectivity index (χ0n) is 20.0. The molecule has 0 spiro atoms. The van der Waals surface area contributed by atoms with Crippen LogP contribution in [0, 0.1) is 12.3 Å². The molecule has 2 aromatic carbocycles. The van der Waals surface area contributed by atoms with E-state index in [2.05, 4.69) is 52.8 Å². The molecule has 5 rings (SSSR count). The Balaban J connectivity index is 1.41. The normalized spacial score (nSPS) is 16.7. The van der Waals surface area contributed by atoms with Crippen molar-refractivity contribution < 1.29 is 9.53 Å². The number of ether oxygens (including phenoxy) is 1. The number of aliphatic imine (C=N–C) groups is 1. The number of carbonyl (C=O) groups excluding carboxylic acids is 1. The molecule has 0 unspecified atom stereocenters. The first-order chi connectivity index (χ1) is 17.0.